The van der Waals surface area contributed by atoms with Gasteiger partial charge in [-0.2, -0.15) is 8.78 Å². The Balaban J connectivity index is 1.57. The molecule has 1 saturated heterocycles. The number of amides is 3. The van der Waals surface area contributed by atoms with E-state index in [1.807, 2.05) is 0 Å². The van der Waals surface area contributed by atoms with Gasteiger partial charge in [0.15, 0.2) is 0 Å². The lowest BCUT2D eigenvalue weighted by atomic mass is 10.2. The molecule has 0 atom stereocenters. The van der Waals surface area contributed by atoms with Crippen molar-refractivity contribution in [3.05, 3.63) is 63.8 Å². The Morgan fingerprint density at radius 2 is 1.97 bits per heavy atom. The highest BCUT2D eigenvalue weighted by Gasteiger charge is 2.34. The van der Waals surface area contributed by atoms with Gasteiger partial charge >= 0.3 is 6.61 Å². The number of carbonyl (C=O) groups excluding carboxylic acids is 3. The number of nitrogens with one attached hydrogen (secondary N) is 1. The largest absolute Gasteiger partial charge is 0.435 e. The van der Waals surface area contributed by atoms with Gasteiger partial charge in [0, 0.05) is 19.3 Å². The molecule has 0 aliphatic carbocycles. The number of rotatable bonds is 7. The number of benzene rings is 1. The number of imide groups is 1. The smallest absolute Gasteiger partial charge is 0.387 e. The number of ether oxygens (including phenoxy) is 1. The minimum atomic E-state index is -2.93. The van der Waals surface area contributed by atoms with Crippen LogP contribution >= 0.6 is 23.4 Å². The lowest BCUT2D eigenvalue weighted by molar-refractivity contribution is -0.122. The molecule has 1 aromatic carbocycles. The third-order valence-corrected chi connectivity index (χ3v) is 5.02. The minimum absolute atomic E-state index is 0.00404. The monoisotopic (exact) mass is 453 g/mol. The van der Waals surface area contributed by atoms with E-state index in [-0.39, 0.29) is 28.9 Å². The summed E-state index contributed by atoms with van der Waals surface area (Å²) in [6.45, 7) is -2.87. The second-order valence-electron chi connectivity index (χ2n) is 5.91. The van der Waals surface area contributed by atoms with E-state index in [1.165, 1.54) is 48.7 Å². The average Bonchev–Trinajstić information content (AvgIpc) is 2.97. The Morgan fingerprint density at radius 3 is 2.60 bits per heavy atom. The molecule has 7 nitrogen and oxygen atoms in total. The third-order valence-electron chi connectivity index (χ3n) is 3.89. The van der Waals surface area contributed by atoms with Crippen molar-refractivity contribution in [2.24, 2.45) is 0 Å². The van der Waals surface area contributed by atoms with Gasteiger partial charge < -0.3 is 10.1 Å². The van der Waals surface area contributed by atoms with E-state index in [2.05, 4.69) is 15.0 Å². The second kappa shape index (κ2) is 9.68. The van der Waals surface area contributed by atoms with Crippen LogP contribution in [0.4, 0.5) is 13.6 Å². The molecule has 0 saturated carbocycles. The van der Waals surface area contributed by atoms with Gasteiger partial charge in [0.1, 0.15) is 10.9 Å². The zero-order valence-corrected chi connectivity index (χ0v) is 16.8. The summed E-state index contributed by atoms with van der Waals surface area (Å²) in [5.41, 5.74) is 0.846. The zero-order valence-electron chi connectivity index (χ0n) is 15.2. The number of thioether (sulfide) groups is 1. The van der Waals surface area contributed by atoms with Gasteiger partial charge in [0.25, 0.3) is 17.1 Å². The molecular weight excluding hydrogens is 440 g/mol. The number of aromatic nitrogens is 1. The van der Waals surface area contributed by atoms with Gasteiger partial charge in [-0.15, -0.1) is 0 Å². The Hall–Kier alpha value is -2.98. The van der Waals surface area contributed by atoms with Crippen molar-refractivity contribution in [3.63, 3.8) is 0 Å². The number of pyridine rings is 1. The van der Waals surface area contributed by atoms with E-state index < -0.39 is 23.7 Å². The van der Waals surface area contributed by atoms with Crippen molar-refractivity contribution >= 4 is 46.5 Å². The van der Waals surface area contributed by atoms with E-state index in [9.17, 15) is 23.2 Å². The van der Waals surface area contributed by atoms with Crippen molar-refractivity contribution < 1.29 is 27.9 Å². The first-order valence-corrected chi connectivity index (χ1v) is 9.73. The molecule has 1 fully saturated rings. The topological polar surface area (TPSA) is 88.6 Å². The summed E-state index contributed by atoms with van der Waals surface area (Å²) in [5.74, 6) is -0.921. The van der Waals surface area contributed by atoms with Gasteiger partial charge in [-0.05, 0) is 47.7 Å². The standard InChI is InChI=1S/C19H14ClF2N3O4S/c20-15-6-3-12(10-24-15)16(26)23-7-8-25-17(27)14(30-19(25)28)9-11-1-4-13(5-2-11)29-18(21)22/h1-6,9-10,18H,7-8H2,(H,23,26)/b14-9-. The first-order chi connectivity index (χ1) is 14.3. The van der Waals surface area contributed by atoms with E-state index in [4.69, 9.17) is 11.6 Å². The molecule has 3 amide bonds. The first-order valence-electron chi connectivity index (χ1n) is 8.53. The molecule has 0 spiro atoms. The molecule has 1 aromatic heterocycles. The second-order valence-corrected chi connectivity index (χ2v) is 7.29. The van der Waals surface area contributed by atoms with Crippen molar-refractivity contribution in [1.82, 2.24) is 15.2 Å². The van der Waals surface area contributed by atoms with Crippen LogP contribution in [0.3, 0.4) is 0 Å². The minimum Gasteiger partial charge on any atom is -0.435 e. The summed E-state index contributed by atoms with van der Waals surface area (Å²) in [7, 11) is 0. The SMILES string of the molecule is O=C(NCCN1C(=O)S/C(=C\c2ccc(OC(F)F)cc2)C1=O)c1ccc(Cl)nc1. The van der Waals surface area contributed by atoms with Crippen LogP contribution in [0.15, 0.2) is 47.5 Å². The number of carbonyl (C=O) groups is 3. The summed E-state index contributed by atoms with van der Waals surface area (Å²) >= 11 is 6.43. The number of halogens is 3. The molecule has 1 aliphatic rings. The van der Waals surface area contributed by atoms with Crippen LogP contribution in [0.2, 0.25) is 5.15 Å². The van der Waals surface area contributed by atoms with Crippen molar-refractivity contribution in [2.75, 3.05) is 13.1 Å². The predicted octanol–water partition coefficient (Wildman–Crippen LogP) is 3.80. The van der Waals surface area contributed by atoms with Gasteiger partial charge in [-0.1, -0.05) is 23.7 Å². The van der Waals surface area contributed by atoms with Crippen LogP contribution in [0.25, 0.3) is 6.08 Å². The van der Waals surface area contributed by atoms with Crippen molar-refractivity contribution in [1.29, 1.82) is 0 Å². The van der Waals surface area contributed by atoms with Crippen molar-refractivity contribution in [3.8, 4) is 5.75 Å². The Bertz CT molecular complexity index is 984. The molecule has 156 valence electrons. The fourth-order valence-corrected chi connectivity index (χ4v) is 3.46. The summed E-state index contributed by atoms with van der Waals surface area (Å²) < 4.78 is 28.6. The quantitative estimate of drug-likeness (QED) is 0.506. The Labute approximate surface area is 179 Å². The van der Waals surface area contributed by atoms with Crippen LogP contribution < -0.4 is 10.1 Å². The fourth-order valence-electron chi connectivity index (χ4n) is 2.48. The molecule has 30 heavy (non-hydrogen) atoms. The molecule has 2 aromatic rings. The maximum absolute atomic E-state index is 12.5. The normalized spacial score (nSPS) is 15.2. The Morgan fingerprint density at radius 1 is 1.23 bits per heavy atom. The summed E-state index contributed by atoms with van der Waals surface area (Å²) in [5, 5.41) is 2.39. The molecule has 1 aliphatic heterocycles. The molecule has 1 N–H and O–H groups in total. The van der Waals surface area contributed by atoms with E-state index in [0.717, 1.165) is 16.7 Å². The van der Waals surface area contributed by atoms with Crippen molar-refractivity contribution in [2.45, 2.75) is 6.61 Å². The molecule has 0 radical (unpaired) electrons. The van der Waals surface area contributed by atoms with Crippen LogP contribution in [0.5, 0.6) is 5.75 Å². The molecule has 2 heterocycles. The van der Waals surface area contributed by atoms with E-state index in [1.54, 1.807) is 0 Å². The molecular formula is C19H14ClF2N3O4S. The zero-order chi connectivity index (χ0) is 21.7. The third kappa shape index (κ3) is 5.55. The maximum Gasteiger partial charge on any atom is 0.387 e. The predicted molar refractivity (Wildman–Crippen MR) is 107 cm³/mol. The van der Waals surface area contributed by atoms with Gasteiger partial charge in [-0.25, -0.2) is 4.98 Å². The summed E-state index contributed by atoms with van der Waals surface area (Å²) in [4.78, 5) is 41.7. The molecule has 3 rings (SSSR count). The number of alkyl halides is 2. The lowest BCUT2D eigenvalue weighted by Crippen LogP contribution is -2.37. The lowest BCUT2D eigenvalue weighted by Gasteiger charge is -2.13. The average molecular weight is 454 g/mol. The van der Waals surface area contributed by atoms with Crippen LogP contribution in [-0.4, -0.2) is 46.6 Å². The van der Waals surface area contributed by atoms with Crippen LogP contribution in [-0.2, 0) is 4.79 Å². The highest BCUT2D eigenvalue weighted by Crippen LogP contribution is 2.32. The van der Waals surface area contributed by atoms with Gasteiger partial charge in [0.05, 0.1) is 10.5 Å². The molecule has 0 bridgehead atoms. The maximum atomic E-state index is 12.5. The Kier molecular flexibility index (Phi) is 7.01. The van der Waals surface area contributed by atoms with Gasteiger partial charge in [-0.3, -0.25) is 19.3 Å². The first kappa shape index (κ1) is 21.7. The van der Waals surface area contributed by atoms with E-state index >= 15 is 0 Å². The summed E-state index contributed by atoms with van der Waals surface area (Å²) in [6, 6.07) is 8.64. The van der Waals surface area contributed by atoms with Crippen LogP contribution in [0.1, 0.15) is 15.9 Å². The van der Waals surface area contributed by atoms with Gasteiger partial charge in [0.2, 0.25) is 0 Å². The number of hydrogen-bond acceptors (Lipinski definition) is 6. The fraction of sp³-hybridized carbons (Fsp3) is 0.158. The number of nitrogens with zero attached hydrogens (tertiary/aromatic N) is 2. The van der Waals surface area contributed by atoms with E-state index in [0.29, 0.717) is 11.1 Å². The number of hydrogen-bond donors (Lipinski definition) is 1. The molecule has 0 unspecified atom stereocenters. The molecule has 11 heteroatoms. The van der Waals surface area contributed by atoms with Crippen LogP contribution in [0, 0.1) is 0 Å². The summed E-state index contributed by atoms with van der Waals surface area (Å²) in [6.07, 6.45) is 2.80. The highest BCUT2D eigenvalue weighted by molar-refractivity contribution is 8.18. The highest BCUT2D eigenvalue weighted by atomic mass is 35.5.